The quantitative estimate of drug-likeness (QED) is 0.730. The average molecular weight is 397 g/mol. The van der Waals surface area contributed by atoms with Gasteiger partial charge < -0.3 is 10.6 Å². The molecule has 2 rings (SSSR count). The van der Waals surface area contributed by atoms with E-state index in [1.165, 1.54) is 49.2 Å². The number of hydrogen-bond donors (Lipinski definition) is 2. The summed E-state index contributed by atoms with van der Waals surface area (Å²) in [6, 6.07) is 8.83. The summed E-state index contributed by atoms with van der Waals surface area (Å²) in [4.78, 5) is 25.7. The smallest absolute Gasteiger partial charge is 0.325 e. The number of rotatable bonds is 6. The third kappa shape index (κ3) is 6.05. The number of nitrogens with zero attached hydrogens (tertiary/aromatic N) is 1. The van der Waals surface area contributed by atoms with E-state index in [1.54, 1.807) is 0 Å². The molecule has 2 N–H and O–H groups in total. The van der Waals surface area contributed by atoms with Gasteiger partial charge in [-0.05, 0) is 50.4 Å². The molecule has 1 atom stereocenters. The van der Waals surface area contributed by atoms with Crippen LogP contribution in [0.25, 0.3) is 0 Å². The molecule has 150 valence electrons. The Morgan fingerprint density at radius 3 is 2.25 bits per heavy atom. The van der Waals surface area contributed by atoms with Crippen LogP contribution in [0.5, 0.6) is 0 Å². The third-order valence-electron chi connectivity index (χ3n) is 4.00. The summed E-state index contributed by atoms with van der Waals surface area (Å²) in [5, 5.41) is 4.91. The van der Waals surface area contributed by atoms with Gasteiger partial charge in [-0.15, -0.1) is 0 Å². The van der Waals surface area contributed by atoms with Crippen LogP contribution in [0.2, 0.25) is 0 Å². The number of amides is 2. The van der Waals surface area contributed by atoms with Gasteiger partial charge >= 0.3 is 6.18 Å². The van der Waals surface area contributed by atoms with Crippen molar-refractivity contribution in [3.8, 4) is 0 Å². The number of anilines is 2. The summed E-state index contributed by atoms with van der Waals surface area (Å²) in [5.41, 5.74) is -0.593. The molecular formula is C19H19F4N3O2. The zero-order chi connectivity index (χ0) is 20.9. The van der Waals surface area contributed by atoms with Gasteiger partial charge in [0.25, 0.3) is 0 Å². The minimum atomic E-state index is -4.52. The van der Waals surface area contributed by atoms with Crippen LogP contribution >= 0.6 is 0 Å². The first-order valence-electron chi connectivity index (χ1n) is 8.30. The zero-order valence-corrected chi connectivity index (χ0v) is 15.2. The van der Waals surface area contributed by atoms with E-state index in [0.29, 0.717) is 0 Å². The number of halogens is 4. The van der Waals surface area contributed by atoms with Gasteiger partial charge in [0.1, 0.15) is 5.82 Å². The molecule has 0 aromatic heterocycles. The Hall–Kier alpha value is -2.94. The lowest BCUT2D eigenvalue weighted by atomic mass is 10.2. The number of alkyl halides is 3. The fourth-order valence-corrected chi connectivity index (χ4v) is 2.35. The Bertz CT molecular complexity index is 855. The highest BCUT2D eigenvalue weighted by Gasteiger charge is 2.30. The Balaban J connectivity index is 1.94. The second-order valence-electron chi connectivity index (χ2n) is 6.22. The van der Waals surface area contributed by atoms with Crippen LogP contribution < -0.4 is 10.6 Å². The Labute approximate surface area is 159 Å². The van der Waals surface area contributed by atoms with Gasteiger partial charge in [-0.3, -0.25) is 14.5 Å². The Kier molecular flexibility index (Phi) is 6.74. The van der Waals surface area contributed by atoms with Crippen molar-refractivity contribution in [2.45, 2.75) is 19.1 Å². The van der Waals surface area contributed by atoms with Crippen LogP contribution in [0, 0.1) is 5.82 Å². The highest BCUT2D eigenvalue weighted by Crippen LogP contribution is 2.30. The number of hydrogen-bond acceptors (Lipinski definition) is 3. The molecule has 0 aliphatic carbocycles. The summed E-state index contributed by atoms with van der Waals surface area (Å²) in [5.74, 6) is -1.54. The minimum absolute atomic E-state index is 0.00397. The van der Waals surface area contributed by atoms with Crippen LogP contribution in [0.3, 0.4) is 0 Å². The molecule has 0 heterocycles. The van der Waals surface area contributed by atoms with Crippen molar-refractivity contribution < 1.29 is 27.2 Å². The first-order chi connectivity index (χ1) is 13.1. The van der Waals surface area contributed by atoms with E-state index >= 15 is 0 Å². The summed E-state index contributed by atoms with van der Waals surface area (Å²) < 4.78 is 51.4. The molecule has 9 heteroatoms. The van der Waals surface area contributed by atoms with Gasteiger partial charge in [-0.1, -0.05) is 12.1 Å². The molecule has 0 saturated carbocycles. The van der Waals surface area contributed by atoms with Crippen LogP contribution in [0.4, 0.5) is 28.9 Å². The van der Waals surface area contributed by atoms with Gasteiger partial charge in [0, 0.05) is 11.4 Å². The topological polar surface area (TPSA) is 61.4 Å². The lowest BCUT2D eigenvalue weighted by molar-refractivity contribution is -0.137. The van der Waals surface area contributed by atoms with Crippen molar-refractivity contribution in [2.75, 3.05) is 24.2 Å². The second-order valence-corrected chi connectivity index (χ2v) is 6.22. The van der Waals surface area contributed by atoms with Crippen molar-refractivity contribution in [3.05, 3.63) is 59.9 Å². The van der Waals surface area contributed by atoms with E-state index in [0.717, 1.165) is 18.2 Å². The first kappa shape index (κ1) is 21.4. The molecule has 28 heavy (non-hydrogen) atoms. The number of likely N-dealkylation sites (N-methyl/N-ethyl adjacent to an activating group) is 1. The molecule has 0 unspecified atom stereocenters. The minimum Gasteiger partial charge on any atom is -0.325 e. The number of nitrogens with one attached hydrogen (secondary N) is 2. The molecule has 0 saturated heterocycles. The van der Waals surface area contributed by atoms with Crippen LogP contribution in [0.1, 0.15) is 12.5 Å². The molecule has 5 nitrogen and oxygen atoms in total. The van der Waals surface area contributed by atoms with Gasteiger partial charge in [0.2, 0.25) is 11.8 Å². The highest BCUT2D eigenvalue weighted by molar-refractivity contribution is 5.96. The SMILES string of the molecule is C[C@H](C(=O)Nc1cccc(C(F)(F)F)c1)N(C)CC(=O)Nc1cccc(F)c1. The van der Waals surface area contributed by atoms with Crippen LogP contribution in [-0.4, -0.2) is 36.3 Å². The predicted molar refractivity (Wildman–Crippen MR) is 97.2 cm³/mol. The van der Waals surface area contributed by atoms with Crippen molar-refractivity contribution in [3.63, 3.8) is 0 Å². The van der Waals surface area contributed by atoms with E-state index in [9.17, 15) is 27.2 Å². The maximum atomic E-state index is 13.1. The summed E-state index contributed by atoms with van der Waals surface area (Å²) in [7, 11) is 1.52. The second kappa shape index (κ2) is 8.83. The van der Waals surface area contributed by atoms with E-state index in [1.807, 2.05) is 0 Å². The van der Waals surface area contributed by atoms with E-state index in [2.05, 4.69) is 10.6 Å². The molecule has 0 aliphatic heterocycles. The molecule has 0 bridgehead atoms. The molecule has 2 aromatic carbocycles. The van der Waals surface area contributed by atoms with Crippen molar-refractivity contribution in [1.29, 1.82) is 0 Å². The van der Waals surface area contributed by atoms with E-state index in [4.69, 9.17) is 0 Å². The number of benzene rings is 2. The first-order valence-corrected chi connectivity index (χ1v) is 8.30. The van der Waals surface area contributed by atoms with Gasteiger partial charge in [-0.25, -0.2) is 4.39 Å². The fraction of sp³-hybridized carbons (Fsp3) is 0.263. The maximum absolute atomic E-state index is 13.1. The van der Waals surface area contributed by atoms with Crippen molar-refractivity contribution in [2.24, 2.45) is 0 Å². The molecule has 2 amide bonds. The van der Waals surface area contributed by atoms with Gasteiger partial charge in [0.15, 0.2) is 0 Å². The monoisotopic (exact) mass is 397 g/mol. The van der Waals surface area contributed by atoms with Crippen LogP contribution in [0.15, 0.2) is 48.5 Å². The number of carbonyl (C=O) groups is 2. The summed E-state index contributed by atoms with van der Waals surface area (Å²) in [6.45, 7) is 1.34. The van der Waals surface area contributed by atoms with Crippen molar-refractivity contribution >= 4 is 23.2 Å². The number of carbonyl (C=O) groups excluding carboxylic acids is 2. The standard InChI is InChI=1S/C19H19F4N3O2/c1-12(18(28)25-15-7-3-5-13(9-15)19(21,22)23)26(2)11-17(27)24-16-8-4-6-14(20)10-16/h3-10,12H,11H2,1-2H3,(H,24,27)(H,25,28)/t12-/m1/s1. The van der Waals surface area contributed by atoms with Crippen molar-refractivity contribution in [1.82, 2.24) is 4.90 Å². The molecular weight excluding hydrogens is 378 g/mol. The molecule has 0 fully saturated rings. The van der Waals surface area contributed by atoms with Gasteiger partial charge in [0.05, 0.1) is 18.2 Å². The fourth-order valence-electron chi connectivity index (χ4n) is 2.35. The average Bonchev–Trinajstić information content (AvgIpc) is 2.60. The van der Waals surface area contributed by atoms with Crippen LogP contribution in [-0.2, 0) is 15.8 Å². The highest BCUT2D eigenvalue weighted by atomic mass is 19.4. The largest absolute Gasteiger partial charge is 0.416 e. The molecule has 0 radical (unpaired) electrons. The molecule has 0 aliphatic rings. The lowest BCUT2D eigenvalue weighted by Crippen LogP contribution is -2.43. The predicted octanol–water partition coefficient (Wildman–Crippen LogP) is 3.74. The Morgan fingerprint density at radius 2 is 1.64 bits per heavy atom. The summed E-state index contributed by atoms with van der Waals surface area (Å²) in [6.07, 6.45) is -4.52. The summed E-state index contributed by atoms with van der Waals surface area (Å²) >= 11 is 0. The van der Waals surface area contributed by atoms with E-state index in [-0.39, 0.29) is 17.9 Å². The van der Waals surface area contributed by atoms with E-state index < -0.39 is 35.4 Å². The lowest BCUT2D eigenvalue weighted by Gasteiger charge is -2.23. The van der Waals surface area contributed by atoms with Gasteiger partial charge in [-0.2, -0.15) is 13.2 Å². The third-order valence-corrected chi connectivity index (χ3v) is 4.00. The zero-order valence-electron chi connectivity index (χ0n) is 15.2. The normalized spacial score (nSPS) is 12.5. The Morgan fingerprint density at radius 1 is 1.04 bits per heavy atom. The molecule has 0 spiro atoms. The maximum Gasteiger partial charge on any atom is 0.416 e. The molecule has 2 aromatic rings.